The molecule has 1 aromatic carbocycles. The van der Waals surface area contributed by atoms with E-state index in [0.717, 1.165) is 24.6 Å². The van der Waals surface area contributed by atoms with Gasteiger partial charge in [-0.15, -0.1) is 0 Å². The molecule has 2 atom stereocenters. The Morgan fingerprint density at radius 1 is 1.35 bits per heavy atom. The molecule has 20 heavy (non-hydrogen) atoms. The Morgan fingerprint density at radius 2 is 2.20 bits per heavy atom. The van der Waals surface area contributed by atoms with E-state index in [1.807, 2.05) is 6.07 Å². The van der Waals surface area contributed by atoms with E-state index in [9.17, 15) is 0 Å². The average molecular weight is 272 g/mol. The molecule has 4 heteroatoms. The molecule has 0 amide bonds. The molecule has 0 radical (unpaired) electrons. The summed E-state index contributed by atoms with van der Waals surface area (Å²) >= 11 is 0. The lowest BCUT2D eigenvalue weighted by Crippen LogP contribution is -2.65. The molecule has 4 nitrogen and oxygen atoms in total. The highest BCUT2D eigenvalue weighted by atomic mass is 16.5. The molecule has 0 saturated heterocycles. The maximum atomic E-state index is 6.08. The van der Waals surface area contributed by atoms with Crippen LogP contribution in [-0.2, 0) is 11.3 Å². The molecule has 1 unspecified atom stereocenters. The molecule has 1 aromatic heterocycles. The Bertz CT molecular complexity index is 617. The Balaban J connectivity index is 1.69. The quantitative estimate of drug-likeness (QED) is 0.928. The van der Waals surface area contributed by atoms with Crippen LogP contribution in [0.2, 0.25) is 0 Å². The minimum Gasteiger partial charge on any atom is -0.364 e. The minimum atomic E-state index is 0.108. The molecule has 2 heterocycles. The minimum absolute atomic E-state index is 0.108. The lowest BCUT2D eigenvalue weighted by Gasteiger charge is -2.32. The van der Waals surface area contributed by atoms with Crippen LogP contribution in [0, 0.1) is 5.92 Å². The van der Waals surface area contributed by atoms with Gasteiger partial charge in [-0.3, -0.25) is 4.68 Å². The summed E-state index contributed by atoms with van der Waals surface area (Å²) in [4.78, 5) is 0. The van der Waals surface area contributed by atoms with Gasteiger partial charge >= 0.3 is 0 Å². The van der Waals surface area contributed by atoms with E-state index < -0.39 is 0 Å². The molecule has 106 valence electrons. The smallest absolute Gasteiger partial charge is 0.151 e. The first-order valence-electron chi connectivity index (χ1n) is 7.73. The first-order valence-corrected chi connectivity index (χ1v) is 7.73. The molecule has 0 spiro atoms. The lowest BCUT2D eigenvalue weighted by molar-refractivity contribution is -0.447. The topological polar surface area (TPSA) is 54.7 Å². The van der Waals surface area contributed by atoms with Gasteiger partial charge in [-0.1, -0.05) is 37.5 Å². The number of hydrogen-bond acceptors (Lipinski definition) is 2. The van der Waals surface area contributed by atoms with Gasteiger partial charge in [-0.2, -0.15) is 5.10 Å². The van der Waals surface area contributed by atoms with Crippen molar-refractivity contribution in [3.8, 4) is 0 Å². The summed E-state index contributed by atoms with van der Waals surface area (Å²) in [5.74, 6) is 0.866. The summed E-state index contributed by atoms with van der Waals surface area (Å²) in [6.07, 6.45) is 5.43. The molecule has 1 aliphatic carbocycles. The lowest BCUT2D eigenvalue weighted by atomic mass is 9.79. The van der Waals surface area contributed by atoms with E-state index in [4.69, 9.17) is 9.84 Å². The van der Waals surface area contributed by atoms with Gasteiger partial charge in [-0.05, 0) is 12.0 Å². The standard InChI is InChI=1S/C16H21N3O/c17-13(10-11-4-3-5-11)16-15-12-6-1-2-7-14(12)18-19(15)8-9-20-16/h1-2,6-7,11,13,16H,3-5,8-10,17H2/p+1/t13-,16?/m1/s1. The maximum Gasteiger partial charge on any atom is 0.151 e. The monoisotopic (exact) mass is 272 g/mol. The van der Waals surface area contributed by atoms with Gasteiger partial charge in [-0.25, -0.2) is 0 Å². The molecular weight excluding hydrogens is 250 g/mol. The second-order valence-corrected chi connectivity index (χ2v) is 6.21. The number of nitrogens with zero attached hydrogens (tertiary/aromatic N) is 2. The zero-order valence-electron chi connectivity index (χ0n) is 11.8. The highest BCUT2D eigenvalue weighted by molar-refractivity contribution is 5.82. The van der Waals surface area contributed by atoms with Crippen LogP contribution >= 0.6 is 0 Å². The van der Waals surface area contributed by atoms with E-state index in [1.54, 1.807) is 0 Å². The number of hydrogen-bond donors (Lipinski definition) is 1. The summed E-state index contributed by atoms with van der Waals surface area (Å²) < 4.78 is 8.22. The molecule has 1 fully saturated rings. The van der Waals surface area contributed by atoms with Crippen molar-refractivity contribution < 1.29 is 10.5 Å². The largest absolute Gasteiger partial charge is 0.364 e. The van der Waals surface area contributed by atoms with Crippen molar-refractivity contribution in [3.63, 3.8) is 0 Å². The van der Waals surface area contributed by atoms with Gasteiger partial charge in [0.25, 0.3) is 0 Å². The Morgan fingerprint density at radius 3 is 3.00 bits per heavy atom. The molecule has 0 bridgehead atoms. The molecule has 1 aliphatic heterocycles. The fourth-order valence-corrected chi connectivity index (χ4v) is 3.56. The van der Waals surface area contributed by atoms with Crippen LogP contribution in [0.4, 0.5) is 0 Å². The van der Waals surface area contributed by atoms with Crippen molar-refractivity contribution in [2.75, 3.05) is 6.61 Å². The maximum absolute atomic E-state index is 6.08. The fraction of sp³-hybridized carbons (Fsp3) is 0.562. The van der Waals surface area contributed by atoms with Crippen LogP contribution in [-0.4, -0.2) is 22.4 Å². The van der Waals surface area contributed by atoms with Crippen molar-refractivity contribution in [1.82, 2.24) is 9.78 Å². The third-order valence-corrected chi connectivity index (χ3v) is 4.85. The number of benzene rings is 1. The summed E-state index contributed by atoms with van der Waals surface area (Å²) in [7, 11) is 0. The second kappa shape index (κ2) is 4.86. The van der Waals surface area contributed by atoms with Crippen molar-refractivity contribution in [3.05, 3.63) is 30.0 Å². The predicted octanol–water partition coefficient (Wildman–Crippen LogP) is 1.91. The normalized spacial score (nSPS) is 24.4. The summed E-state index contributed by atoms with van der Waals surface area (Å²) in [6, 6.07) is 8.71. The number of quaternary nitrogens is 1. The average Bonchev–Trinajstić information content (AvgIpc) is 2.81. The van der Waals surface area contributed by atoms with Gasteiger partial charge in [0.05, 0.1) is 24.4 Å². The van der Waals surface area contributed by atoms with E-state index in [0.29, 0.717) is 6.04 Å². The van der Waals surface area contributed by atoms with Crippen molar-refractivity contribution >= 4 is 10.9 Å². The van der Waals surface area contributed by atoms with E-state index in [-0.39, 0.29) is 6.10 Å². The number of fused-ring (bicyclic) bond motifs is 3. The third kappa shape index (κ3) is 1.95. The Labute approximate surface area is 118 Å². The molecule has 3 N–H and O–H groups in total. The highest BCUT2D eigenvalue weighted by Crippen LogP contribution is 2.36. The van der Waals surface area contributed by atoms with Crippen LogP contribution in [0.15, 0.2) is 24.3 Å². The van der Waals surface area contributed by atoms with Gasteiger partial charge in [0.1, 0.15) is 6.04 Å². The second-order valence-electron chi connectivity index (χ2n) is 6.21. The van der Waals surface area contributed by atoms with Crippen LogP contribution < -0.4 is 5.73 Å². The zero-order chi connectivity index (χ0) is 13.5. The summed E-state index contributed by atoms with van der Waals surface area (Å²) in [6.45, 7) is 1.61. The van der Waals surface area contributed by atoms with Crippen molar-refractivity contribution in [2.24, 2.45) is 5.92 Å². The SMILES string of the molecule is [NH3+][C@H](CC1CCC1)C1OCCn2nc3ccccc3c21. The summed E-state index contributed by atoms with van der Waals surface area (Å²) in [5, 5.41) is 5.94. The zero-order valence-corrected chi connectivity index (χ0v) is 11.8. The third-order valence-electron chi connectivity index (χ3n) is 4.85. The first-order chi connectivity index (χ1) is 9.83. The van der Waals surface area contributed by atoms with Gasteiger partial charge in [0, 0.05) is 11.8 Å². The highest BCUT2D eigenvalue weighted by Gasteiger charge is 2.34. The van der Waals surface area contributed by atoms with Crippen molar-refractivity contribution in [1.29, 1.82) is 0 Å². The number of aromatic nitrogens is 2. The van der Waals surface area contributed by atoms with Crippen LogP contribution in [0.5, 0.6) is 0 Å². The van der Waals surface area contributed by atoms with E-state index >= 15 is 0 Å². The predicted molar refractivity (Wildman–Crippen MR) is 77.1 cm³/mol. The van der Waals surface area contributed by atoms with E-state index in [1.165, 1.54) is 36.8 Å². The summed E-state index contributed by atoms with van der Waals surface area (Å²) in [5.41, 5.74) is 6.72. The van der Waals surface area contributed by atoms with Crippen LogP contribution in [0.3, 0.4) is 0 Å². The van der Waals surface area contributed by atoms with Gasteiger partial charge in [0.15, 0.2) is 6.10 Å². The fourth-order valence-electron chi connectivity index (χ4n) is 3.56. The van der Waals surface area contributed by atoms with Gasteiger partial charge in [0.2, 0.25) is 0 Å². The Hall–Kier alpha value is -1.39. The molecule has 4 rings (SSSR count). The number of rotatable bonds is 3. The first kappa shape index (κ1) is 12.4. The molecular formula is C16H22N3O+. The van der Waals surface area contributed by atoms with Crippen LogP contribution in [0.25, 0.3) is 10.9 Å². The molecule has 1 saturated carbocycles. The molecule has 2 aromatic rings. The van der Waals surface area contributed by atoms with Crippen LogP contribution in [0.1, 0.15) is 37.5 Å². The number of ether oxygens (including phenoxy) is 1. The van der Waals surface area contributed by atoms with E-state index in [2.05, 4.69) is 28.6 Å². The molecule has 2 aliphatic rings. The van der Waals surface area contributed by atoms with Gasteiger partial charge < -0.3 is 10.5 Å². The van der Waals surface area contributed by atoms with Crippen molar-refractivity contribution in [2.45, 2.75) is 44.4 Å². The Kier molecular flexibility index (Phi) is 3.00.